The van der Waals surface area contributed by atoms with E-state index in [-0.39, 0.29) is 0 Å². The Morgan fingerprint density at radius 1 is 0.545 bits per heavy atom. The van der Waals surface area contributed by atoms with Gasteiger partial charge in [0.2, 0.25) is 0 Å². The number of anilines is 3. The van der Waals surface area contributed by atoms with Crippen LogP contribution >= 0.6 is 0 Å². The molecule has 0 spiro atoms. The van der Waals surface area contributed by atoms with Crippen LogP contribution in [0.2, 0.25) is 0 Å². The van der Waals surface area contributed by atoms with E-state index >= 15 is 0 Å². The smallest absolute Gasteiger partial charge is 0.137 e. The van der Waals surface area contributed by atoms with Crippen molar-refractivity contribution in [3.05, 3.63) is 223 Å². The van der Waals surface area contributed by atoms with E-state index in [9.17, 15) is 0 Å². The van der Waals surface area contributed by atoms with Gasteiger partial charge in [-0.3, -0.25) is 4.90 Å². The van der Waals surface area contributed by atoms with Gasteiger partial charge in [-0.25, -0.2) is 4.98 Å². The van der Waals surface area contributed by atoms with Crippen molar-refractivity contribution >= 4 is 55.5 Å². The molecule has 2 heteroatoms. The summed E-state index contributed by atoms with van der Waals surface area (Å²) >= 11 is 0. The van der Waals surface area contributed by atoms with Gasteiger partial charge in [0.15, 0.2) is 0 Å². The summed E-state index contributed by atoms with van der Waals surface area (Å²) < 4.78 is 0. The first kappa shape index (κ1) is 33.8. The van der Waals surface area contributed by atoms with Gasteiger partial charge in [0.05, 0.1) is 0 Å². The minimum Gasteiger partial charge on any atom is -0.295 e. The number of benzene rings is 7. The highest BCUT2D eigenvalue weighted by Crippen LogP contribution is 2.55. The Morgan fingerprint density at radius 2 is 1.15 bits per heavy atom. The third kappa shape index (κ3) is 6.08. The molecule has 0 saturated carbocycles. The van der Waals surface area contributed by atoms with Crippen LogP contribution in [0, 0.1) is 0 Å². The maximum atomic E-state index is 4.79. The zero-order valence-electron chi connectivity index (χ0n) is 31.1. The Labute approximate surface area is 323 Å². The van der Waals surface area contributed by atoms with Gasteiger partial charge in [0, 0.05) is 17.6 Å². The van der Waals surface area contributed by atoms with Crippen LogP contribution in [0.4, 0.5) is 17.2 Å². The van der Waals surface area contributed by atoms with Gasteiger partial charge < -0.3 is 0 Å². The third-order valence-electron chi connectivity index (χ3n) is 10.7. The average molecular weight is 705 g/mol. The Kier molecular flexibility index (Phi) is 8.86. The minimum atomic E-state index is 0.867. The maximum absolute atomic E-state index is 4.79. The Balaban J connectivity index is 1.21. The molecule has 262 valence electrons. The highest BCUT2D eigenvalue weighted by atomic mass is 15.2. The topological polar surface area (TPSA) is 16.1 Å². The van der Waals surface area contributed by atoms with Crippen LogP contribution in [0.3, 0.4) is 0 Å². The molecule has 7 aromatic carbocycles. The maximum Gasteiger partial charge on any atom is 0.137 e. The van der Waals surface area contributed by atoms with E-state index in [1.54, 1.807) is 0 Å². The van der Waals surface area contributed by atoms with Gasteiger partial charge in [0.1, 0.15) is 5.82 Å². The molecule has 0 amide bonds. The quantitative estimate of drug-likeness (QED) is 0.164. The number of allylic oxidation sites excluding steroid dienone is 7. The first-order chi connectivity index (χ1) is 27.1. The molecule has 0 aliphatic heterocycles. The Bertz CT molecular complexity index is 2830. The lowest BCUT2D eigenvalue weighted by molar-refractivity contribution is 1.18. The van der Waals surface area contributed by atoms with Crippen LogP contribution in [-0.2, 0) is 0 Å². The molecular formula is C53H40N2. The largest absolute Gasteiger partial charge is 0.295 e. The van der Waals surface area contributed by atoms with E-state index in [4.69, 9.17) is 11.6 Å². The molecule has 1 aromatic heterocycles. The summed E-state index contributed by atoms with van der Waals surface area (Å²) in [5, 5.41) is 4.88. The van der Waals surface area contributed by atoms with E-state index in [0.29, 0.717) is 0 Å². The number of hydrogen-bond acceptors (Lipinski definition) is 2. The summed E-state index contributed by atoms with van der Waals surface area (Å²) in [6.45, 7) is 9.09. The van der Waals surface area contributed by atoms with Crippen LogP contribution in [0.1, 0.15) is 30.5 Å². The molecule has 2 nitrogen and oxygen atoms in total. The lowest BCUT2D eigenvalue weighted by atomic mass is 9.83. The highest BCUT2D eigenvalue weighted by molar-refractivity contribution is 6.22. The summed E-state index contributed by atoms with van der Waals surface area (Å²) in [7, 11) is 0. The molecule has 0 radical (unpaired) electrons. The lowest BCUT2D eigenvalue weighted by Crippen LogP contribution is -2.11. The number of fused-ring (bicyclic) bond motifs is 3. The number of hydrogen-bond donors (Lipinski definition) is 0. The normalized spacial score (nSPS) is 14.2. The van der Waals surface area contributed by atoms with Crippen LogP contribution in [0.15, 0.2) is 206 Å². The molecule has 0 saturated heterocycles. The highest BCUT2D eigenvalue weighted by Gasteiger charge is 2.32. The first-order valence-corrected chi connectivity index (χ1v) is 18.9. The standard InChI is InChI=1S/C53H40N2/c1-4-45-37(3)46(53-51(40-21-9-6-10-22-40)48-27-14-13-26-47(48)50(52(45)53)39-19-7-5-8-20-39)32-29-36(2)41-24-17-25-43(34-41)55(49-28-15-16-33-54-49)44-31-30-38-18-11-12-23-42(38)35-44/h4-35H,3H2,1-2H3/b36-29+,45-4+,46-32+. The van der Waals surface area contributed by atoms with Gasteiger partial charge in [0.25, 0.3) is 0 Å². The first-order valence-electron chi connectivity index (χ1n) is 18.9. The van der Waals surface area contributed by atoms with Gasteiger partial charge in [-0.2, -0.15) is 0 Å². The van der Waals surface area contributed by atoms with E-state index in [2.05, 4.69) is 195 Å². The van der Waals surface area contributed by atoms with Crippen molar-refractivity contribution in [2.75, 3.05) is 4.90 Å². The van der Waals surface area contributed by atoms with Crippen LogP contribution < -0.4 is 4.90 Å². The number of rotatable bonds is 7. The molecule has 0 unspecified atom stereocenters. The van der Waals surface area contributed by atoms with Crippen molar-refractivity contribution in [3.8, 4) is 22.3 Å². The van der Waals surface area contributed by atoms with Gasteiger partial charge in [-0.05, 0) is 133 Å². The molecule has 1 aliphatic carbocycles. The predicted octanol–water partition coefficient (Wildman–Crippen LogP) is 14.7. The summed E-state index contributed by atoms with van der Waals surface area (Å²) in [5.41, 5.74) is 15.1. The molecule has 1 aliphatic rings. The number of pyridine rings is 1. The van der Waals surface area contributed by atoms with Crippen LogP contribution in [-0.4, -0.2) is 4.98 Å². The van der Waals surface area contributed by atoms with E-state index < -0.39 is 0 Å². The van der Waals surface area contributed by atoms with E-state index in [0.717, 1.165) is 39.5 Å². The molecule has 0 N–H and O–H groups in total. The molecular weight excluding hydrogens is 665 g/mol. The molecule has 55 heavy (non-hydrogen) atoms. The van der Waals surface area contributed by atoms with Crippen molar-refractivity contribution in [1.29, 1.82) is 0 Å². The number of aromatic nitrogens is 1. The van der Waals surface area contributed by atoms with Crippen molar-refractivity contribution in [2.45, 2.75) is 13.8 Å². The summed E-state index contributed by atoms with van der Waals surface area (Å²) in [6, 6.07) is 60.4. The summed E-state index contributed by atoms with van der Waals surface area (Å²) in [4.78, 5) is 7.02. The Hall–Kier alpha value is -7.03. The van der Waals surface area contributed by atoms with Gasteiger partial charge >= 0.3 is 0 Å². The molecule has 9 rings (SSSR count). The summed E-state index contributed by atoms with van der Waals surface area (Å²) in [6.07, 6.45) is 8.63. The van der Waals surface area contributed by atoms with Crippen molar-refractivity contribution in [2.24, 2.45) is 0 Å². The molecule has 8 aromatic rings. The summed E-state index contributed by atoms with van der Waals surface area (Å²) in [5.74, 6) is 0.867. The zero-order chi connectivity index (χ0) is 37.3. The SMILES string of the molecule is C=C1/C(=C\C)c2c(c(-c3ccccc3)c3ccccc3c2-c2ccccc2)/C1=C/C=C(\C)c1cccc(N(c2ccc3ccccc3c2)c2ccccn2)c1. The second-order valence-electron chi connectivity index (χ2n) is 14.0. The lowest BCUT2D eigenvalue weighted by Gasteiger charge is -2.25. The molecule has 0 fully saturated rings. The van der Waals surface area contributed by atoms with Gasteiger partial charge in [-0.1, -0.05) is 158 Å². The fourth-order valence-corrected chi connectivity index (χ4v) is 8.15. The van der Waals surface area contributed by atoms with Crippen LogP contribution in [0.25, 0.3) is 60.5 Å². The third-order valence-corrected chi connectivity index (χ3v) is 10.7. The minimum absolute atomic E-state index is 0.867. The number of nitrogens with zero attached hydrogens (tertiary/aromatic N) is 2. The zero-order valence-corrected chi connectivity index (χ0v) is 31.1. The van der Waals surface area contributed by atoms with Crippen molar-refractivity contribution in [3.63, 3.8) is 0 Å². The molecule has 0 atom stereocenters. The van der Waals surface area contributed by atoms with Crippen LogP contribution in [0.5, 0.6) is 0 Å². The predicted molar refractivity (Wildman–Crippen MR) is 236 cm³/mol. The Morgan fingerprint density at radius 3 is 1.80 bits per heavy atom. The molecule has 0 bridgehead atoms. The van der Waals surface area contributed by atoms with Crippen molar-refractivity contribution < 1.29 is 0 Å². The monoisotopic (exact) mass is 704 g/mol. The van der Waals surface area contributed by atoms with E-state index in [1.807, 2.05) is 18.3 Å². The van der Waals surface area contributed by atoms with Crippen molar-refractivity contribution in [1.82, 2.24) is 4.98 Å². The molecule has 1 heterocycles. The van der Waals surface area contributed by atoms with Gasteiger partial charge in [-0.15, -0.1) is 0 Å². The average Bonchev–Trinajstić information content (AvgIpc) is 3.52. The van der Waals surface area contributed by atoms with E-state index in [1.165, 1.54) is 60.5 Å². The second-order valence-corrected chi connectivity index (χ2v) is 14.0. The second kappa shape index (κ2) is 14.4. The fraction of sp³-hybridized carbons (Fsp3) is 0.0377. The fourth-order valence-electron chi connectivity index (χ4n) is 8.15.